The summed E-state index contributed by atoms with van der Waals surface area (Å²) < 4.78 is 27.9. The first-order chi connectivity index (χ1) is 14.9. The van der Waals surface area contributed by atoms with Crippen molar-refractivity contribution < 1.29 is 13.2 Å². The minimum atomic E-state index is -3.59. The van der Waals surface area contributed by atoms with Gasteiger partial charge >= 0.3 is 0 Å². The quantitative estimate of drug-likeness (QED) is 0.446. The van der Waals surface area contributed by atoms with Crippen molar-refractivity contribution in [2.75, 3.05) is 0 Å². The Balaban J connectivity index is 1.58. The van der Waals surface area contributed by atoms with Crippen LogP contribution in [0.15, 0.2) is 90.0 Å². The standard InChI is InChI=1S/C24H21ClN2O3S/c25-21-12-6-4-10-19(21)14-26-24(28)16-27-15-23(20-11-5-7-13-22(20)27)31(29,30)17-18-8-2-1-3-9-18/h1-13,15H,14,16-17H2,(H,26,28). The summed E-state index contributed by atoms with van der Waals surface area (Å²) in [6, 6.07) is 23.6. The second kappa shape index (κ2) is 8.96. The maximum absolute atomic E-state index is 13.1. The van der Waals surface area contributed by atoms with Gasteiger partial charge in [0.25, 0.3) is 0 Å². The SMILES string of the molecule is O=C(Cn1cc(S(=O)(=O)Cc2ccccc2)c2ccccc21)NCc1ccccc1Cl. The van der Waals surface area contributed by atoms with Gasteiger partial charge in [-0.25, -0.2) is 8.42 Å². The zero-order valence-corrected chi connectivity index (χ0v) is 18.2. The number of amides is 1. The lowest BCUT2D eigenvalue weighted by Gasteiger charge is -2.08. The highest BCUT2D eigenvalue weighted by molar-refractivity contribution is 7.90. The third-order valence-corrected chi connectivity index (χ3v) is 7.11. The number of hydrogen-bond donors (Lipinski definition) is 1. The summed E-state index contributed by atoms with van der Waals surface area (Å²) in [5, 5.41) is 4.04. The average Bonchev–Trinajstić information content (AvgIpc) is 3.13. The second-order valence-electron chi connectivity index (χ2n) is 7.25. The van der Waals surface area contributed by atoms with Crippen LogP contribution in [0.25, 0.3) is 10.9 Å². The Hall–Kier alpha value is -3.09. The Kier molecular flexibility index (Phi) is 6.11. The lowest BCUT2D eigenvalue weighted by atomic mass is 10.2. The molecule has 158 valence electrons. The molecular formula is C24H21ClN2O3S. The van der Waals surface area contributed by atoms with E-state index in [1.807, 2.05) is 48.5 Å². The predicted molar refractivity (Wildman–Crippen MR) is 123 cm³/mol. The number of carbonyl (C=O) groups excluding carboxylic acids is 1. The summed E-state index contributed by atoms with van der Waals surface area (Å²) in [5.74, 6) is -0.326. The molecule has 0 spiro atoms. The van der Waals surface area contributed by atoms with Crippen molar-refractivity contribution in [1.29, 1.82) is 0 Å². The number of nitrogens with zero attached hydrogens (tertiary/aromatic N) is 1. The largest absolute Gasteiger partial charge is 0.350 e. The number of benzene rings is 3. The van der Waals surface area contributed by atoms with Crippen LogP contribution in [0, 0.1) is 0 Å². The van der Waals surface area contributed by atoms with E-state index in [1.165, 1.54) is 0 Å². The van der Waals surface area contributed by atoms with Crippen LogP contribution in [0.3, 0.4) is 0 Å². The summed E-state index contributed by atoms with van der Waals surface area (Å²) in [4.78, 5) is 12.8. The van der Waals surface area contributed by atoms with Gasteiger partial charge in [0.15, 0.2) is 9.84 Å². The van der Waals surface area contributed by atoms with Gasteiger partial charge in [-0.05, 0) is 23.3 Å². The maximum Gasteiger partial charge on any atom is 0.240 e. The van der Waals surface area contributed by atoms with E-state index in [9.17, 15) is 13.2 Å². The fourth-order valence-corrected chi connectivity index (χ4v) is 5.29. The van der Waals surface area contributed by atoms with Crippen LogP contribution >= 0.6 is 11.6 Å². The van der Waals surface area contributed by atoms with E-state index in [-0.39, 0.29) is 23.1 Å². The number of para-hydroxylation sites is 1. The maximum atomic E-state index is 13.1. The van der Waals surface area contributed by atoms with Gasteiger partial charge in [-0.2, -0.15) is 0 Å². The van der Waals surface area contributed by atoms with Crippen LogP contribution in [0.1, 0.15) is 11.1 Å². The molecule has 0 aliphatic heterocycles. The molecule has 0 saturated carbocycles. The molecule has 31 heavy (non-hydrogen) atoms. The summed E-state index contributed by atoms with van der Waals surface area (Å²) in [7, 11) is -3.59. The summed E-state index contributed by atoms with van der Waals surface area (Å²) in [5.41, 5.74) is 2.24. The van der Waals surface area contributed by atoms with Gasteiger partial charge in [0.2, 0.25) is 5.91 Å². The molecule has 0 radical (unpaired) electrons. The lowest BCUT2D eigenvalue weighted by molar-refractivity contribution is -0.121. The number of aromatic nitrogens is 1. The van der Waals surface area contributed by atoms with Gasteiger partial charge in [0.1, 0.15) is 6.54 Å². The predicted octanol–water partition coefficient (Wildman–Crippen LogP) is 4.59. The number of halogens is 1. The molecule has 0 unspecified atom stereocenters. The number of hydrogen-bond acceptors (Lipinski definition) is 3. The molecular weight excluding hydrogens is 432 g/mol. The van der Waals surface area contributed by atoms with Crippen LogP contribution in [0.5, 0.6) is 0 Å². The molecule has 0 bridgehead atoms. The molecule has 0 fully saturated rings. The number of fused-ring (bicyclic) bond motifs is 1. The van der Waals surface area contributed by atoms with Crippen molar-refractivity contribution in [1.82, 2.24) is 9.88 Å². The lowest BCUT2D eigenvalue weighted by Crippen LogP contribution is -2.27. The molecule has 3 aromatic carbocycles. The van der Waals surface area contributed by atoms with E-state index >= 15 is 0 Å². The summed E-state index contributed by atoms with van der Waals surface area (Å²) in [6.45, 7) is 0.308. The highest BCUT2D eigenvalue weighted by Crippen LogP contribution is 2.28. The third-order valence-electron chi connectivity index (χ3n) is 5.03. The first-order valence-corrected chi connectivity index (χ1v) is 11.8. The molecule has 0 atom stereocenters. The molecule has 1 N–H and O–H groups in total. The molecule has 4 aromatic rings. The molecule has 5 nitrogen and oxygen atoms in total. The van der Waals surface area contributed by atoms with E-state index in [4.69, 9.17) is 11.6 Å². The highest BCUT2D eigenvalue weighted by atomic mass is 35.5. The number of carbonyl (C=O) groups is 1. The smallest absolute Gasteiger partial charge is 0.240 e. The molecule has 0 aliphatic rings. The minimum absolute atomic E-state index is 0.00578. The van der Waals surface area contributed by atoms with Gasteiger partial charge in [-0.3, -0.25) is 4.79 Å². The van der Waals surface area contributed by atoms with Crippen LogP contribution < -0.4 is 5.32 Å². The van der Waals surface area contributed by atoms with Gasteiger partial charge in [-0.1, -0.05) is 78.3 Å². The average molecular weight is 453 g/mol. The summed E-state index contributed by atoms with van der Waals surface area (Å²) >= 11 is 6.14. The molecule has 1 aromatic heterocycles. The van der Waals surface area contributed by atoms with Gasteiger partial charge < -0.3 is 9.88 Å². The monoisotopic (exact) mass is 452 g/mol. The van der Waals surface area contributed by atoms with E-state index in [1.54, 1.807) is 41.1 Å². The molecule has 0 saturated heterocycles. The molecule has 1 heterocycles. The highest BCUT2D eigenvalue weighted by Gasteiger charge is 2.22. The van der Waals surface area contributed by atoms with Crippen molar-refractivity contribution in [3.05, 3.63) is 101 Å². The fraction of sp³-hybridized carbons (Fsp3) is 0.125. The first kappa shape index (κ1) is 21.2. The van der Waals surface area contributed by atoms with E-state index < -0.39 is 9.84 Å². The Morgan fingerprint density at radius 2 is 1.58 bits per heavy atom. The van der Waals surface area contributed by atoms with Crippen LogP contribution in [0.2, 0.25) is 5.02 Å². The van der Waals surface area contributed by atoms with Crippen LogP contribution in [-0.4, -0.2) is 18.9 Å². The Morgan fingerprint density at radius 1 is 0.903 bits per heavy atom. The summed E-state index contributed by atoms with van der Waals surface area (Å²) in [6.07, 6.45) is 1.55. The topological polar surface area (TPSA) is 68.2 Å². The number of sulfone groups is 1. The third kappa shape index (κ3) is 4.81. The zero-order valence-electron chi connectivity index (χ0n) is 16.7. The van der Waals surface area contributed by atoms with Gasteiger partial charge in [0.05, 0.1) is 10.6 Å². The Labute approximate surface area is 186 Å². The van der Waals surface area contributed by atoms with E-state index in [2.05, 4.69) is 5.32 Å². The van der Waals surface area contributed by atoms with E-state index in [0.717, 1.165) is 11.1 Å². The minimum Gasteiger partial charge on any atom is -0.350 e. The first-order valence-electron chi connectivity index (χ1n) is 9.79. The van der Waals surface area contributed by atoms with Crippen LogP contribution in [-0.2, 0) is 33.5 Å². The van der Waals surface area contributed by atoms with E-state index in [0.29, 0.717) is 22.5 Å². The van der Waals surface area contributed by atoms with Crippen LogP contribution in [0.4, 0.5) is 0 Å². The van der Waals surface area contributed by atoms with Crippen molar-refractivity contribution in [3.63, 3.8) is 0 Å². The van der Waals surface area contributed by atoms with Crippen molar-refractivity contribution >= 4 is 38.2 Å². The molecule has 4 rings (SSSR count). The van der Waals surface area contributed by atoms with Crippen molar-refractivity contribution in [3.8, 4) is 0 Å². The molecule has 0 aliphatic carbocycles. The van der Waals surface area contributed by atoms with Crippen molar-refractivity contribution in [2.24, 2.45) is 0 Å². The number of rotatable bonds is 7. The zero-order chi connectivity index (χ0) is 21.8. The molecule has 7 heteroatoms. The van der Waals surface area contributed by atoms with Gasteiger partial charge in [0, 0.05) is 28.7 Å². The van der Waals surface area contributed by atoms with Crippen molar-refractivity contribution in [2.45, 2.75) is 23.7 Å². The molecule has 1 amide bonds. The normalized spacial score (nSPS) is 11.5. The second-order valence-corrected chi connectivity index (χ2v) is 9.62. The fourth-order valence-electron chi connectivity index (χ4n) is 3.51. The Morgan fingerprint density at radius 3 is 2.35 bits per heavy atom. The number of nitrogens with one attached hydrogen (secondary N) is 1. The Bertz CT molecular complexity index is 1330. The van der Waals surface area contributed by atoms with Gasteiger partial charge in [-0.15, -0.1) is 0 Å².